The van der Waals surface area contributed by atoms with Crippen molar-refractivity contribution in [2.24, 2.45) is 17.8 Å². The minimum atomic E-state index is 0.0666. The summed E-state index contributed by atoms with van der Waals surface area (Å²) in [5.74, 6) is 2.81. The molecule has 8 rings (SSSR count). The number of amides is 1. The Bertz CT molecular complexity index is 1400. The first kappa shape index (κ1) is 27.5. The summed E-state index contributed by atoms with van der Waals surface area (Å²) < 4.78 is 12.3. The number of fused-ring (bicyclic) bond motifs is 2. The molecule has 1 aliphatic heterocycles. The summed E-state index contributed by atoms with van der Waals surface area (Å²) in [7, 11) is 2.19. The van der Waals surface area contributed by atoms with Crippen LogP contribution in [0.3, 0.4) is 0 Å². The molecule has 6 nitrogen and oxygen atoms in total. The lowest BCUT2D eigenvalue weighted by Crippen LogP contribution is -2.51. The highest BCUT2D eigenvalue weighted by Gasteiger charge is 2.51. The van der Waals surface area contributed by atoms with E-state index < -0.39 is 0 Å². The molecule has 2 unspecified atom stereocenters. The van der Waals surface area contributed by atoms with Gasteiger partial charge in [0.25, 0.3) is 0 Å². The van der Waals surface area contributed by atoms with E-state index in [2.05, 4.69) is 40.6 Å². The van der Waals surface area contributed by atoms with Crippen LogP contribution in [-0.2, 0) is 16.1 Å². The molecular formula is C33H37Cl2N3O3. The molecule has 2 aromatic carbocycles. The molecule has 1 N–H and O–H groups in total. The van der Waals surface area contributed by atoms with Crippen LogP contribution < -0.4 is 5.32 Å². The van der Waals surface area contributed by atoms with Gasteiger partial charge in [0.2, 0.25) is 5.91 Å². The molecule has 3 aromatic rings. The van der Waals surface area contributed by atoms with Crippen LogP contribution >= 0.6 is 23.2 Å². The number of halogens is 2. The molecule has 2 bridgehead atoms. The Kier molecular flexibility index (Phi) is 7.61. The van der Waals surface area contributed by atoms with Crippen molar-refractivity contribution in [2.75, 3.05) is 25.5 Å². The number of carbonyl (C=O) groups excluding carboxylic acids is 1. The molecule has 2 atom stereocenters. The maximum Gasteiger partial charge on any atom is 0.228 e. The summed E-state index contributed by atoms with van der Waals surface area (Å²) in [6.45, 7) is 2.67. The van der Waals surface area contributed by atoms with Crippen molar-refractivity contribution < 1.29 is 14.1 Å². The van der Waals surface area contributed by atoms with E-state index in [1.54, 1.807) is 0 Å². The number of carbonyl (C=O) groups is 1. The van der Waals surface area contributed by atoms with Crippen LogP contribution in [0.25, 0.3) is 11.3 Å². The molecule has 41 heavy (non-hydrogen) atoms. The SMILES string of the molecule is CN1CCC(c2cccc(NC(=O)C3C4CC(OCc5c(-c6c(Cl)cccc6Cl)noc5C5CC5)CC3C4)c2)CC1. The monoisotopic (exact) mass is 593 g/mol. The smallest absolute Gasteiger partial charge is 0.228 e. The molecule has 4 saturated carbocycles. The molecule has 0 spiro atoms. The van der Waals surface area contributed by atoms with Crippen LogP contribution in [0.5, 0.6) is 0 Å². The van der Waals surface area contributed by atoms with E-state index >= 15 is 0 Å². The lowest BCUT2D eigenvalue weighted by molar-refractivity contribution is -0.142. The first-order chi connectivity index (χ1) is 19.9. The standard InChI is InChI=1S/C33H37Cl2N3O3/c1-38-12-10-19(11-13-38)21-4-2-5-24(15-21)36-33(39)29-22-14-23(29)17-25(16-22)40-18-26-31(37-41-32(26)20-8-9-20)30-27(34)6-3-7-28(30)35/h2-7,15,19-20,22-23,25,29H,8-14,16-18H2,1H3,(H,36,39). The zero-order valence-electron chi connectivity index (χ0n) is 23.5. The van der Waals surface area contributed by atoms with E-state index in [0.29, 0.717) is 51.6 Å². The number of hydrogen-bond acceptors (Lipinski definition) is 5. The van der Waals surface area contributed by atoms with Crippen molar-refractivity contribution in [3.63, 3.8) is 0 Å². The maximum absolute atomic E-state index is 13.4. The summed E-state index contributed by atoms with van der Waals surface area (Å²) in [5.41, 5.74) is 4.61. The number of piperidine rings is 1. The Labute approximate surface area is 251 Å². The molecule has 1 aromatic heterocycles. The largest absolute Gasteiger partial charge is 0.373 e. The number of hydrogen-bond donors (Lipinski definition) is 1. The molecule has 5 aliphatic rings. The van der Waals surface area contributed by atoms with Gasteiger partial charge in [-0.3, -0.25) is 4.79 Å². The quantitative estimate of drug-likeness (QED) is 0.287. The van der Waals surface area contributed by atoms with E-state index in [0.717, 1.165) is 62.2 Å². The highest BCUT2D eigenvalue weighted by Crippen LogP contribution is 2.52. The normalized spacial score (nSPS) is 26.5. The summed E-state index contributed by atoms with van der Waals surface area (Å²) in [5, 5.41) is 8.76. The second-order valence-corrected chi connectivity index (χ2v) is 13.4. The number of rotatable bonds is 8. The number of ether oxygens (including phenoxy) is 1. The Morgan fingerprint density at radius 3 is 2.41 bits per heavy atom. The second kappa shape index (κ2) is 11.4. The minimum Gasteiger partial charge on any atom is -0.373 e. The van der Waals surface area contributed by atoms with Crippen LogP contribution in [0.15, 0.2) is 47.0 Å². The van der Waals surface area contributed by atoms with Crippen LogP contribution in [0, 0.1) is 17.8 Å². The van der Waals surface area contributed by atoms with Gasteiger partial charge in [-0.2, -0.15) is 0 Å². The summed E-state index contributed by atoms with van der Waals surface area (Å²) in [6, 6.07) is 14.0. The van der Waals surface area contributed by atoms with E-state index in [1.807, 2.05) is 24.3 Å². The number of anilines is 1. The first-order valence-electron chi connectivity index (χ1n) is 15.1. The number of aromatic nitrogens is 1. The van der Waals surface area contributed by atoms with E-state index in [1.165, 1.54) is 18.4 Å². The van der Waals surface area contributed by atoms with Gasteiger partial charge in [-0.1, -0.05) is 46.6 Å². The fraction of sp³-hybridized carbons (Fsp3) is 0.515. The molecule has 0 radical (unpaired) electrons. The predicted octanol–water partition coefficient (Wildman–Crippen LogP) is 7.91. The number of nitrogens with one attached hydrogen (secondary N) is 1. The van der Waals surface area contributed by atoms with Gasteiger partial charge in [-0.25, -0.2) is 0 Å². The molecular weight excluding hydrogens is 557 g/mol. The summed E-state index contributed by atoms with van der Waals surface area (Å²) in [4.78, 5) is 15.8. The maximum atomic E-state index is 13.4. The second-order valence-electron chi connectivity index (χ2n) is 12.6. The van der Waals surface area contributed by atoms with E-state index in [9.17, 15) is 4.79 Å². The highest BCUT2D eigenvalue weighted by atomic mass is 35.5. The lowest BCUT2D eigenvalue weighted by atomic mass is 9.56. The summed E-state index contributed by atoms with van der Waals surface area (Å²) in [6.07, 6.45) is 7.57. The average Bonchev–Trinajstić information content (AvgIpc) is 3.72. The molecule has 2 heterocycles. The van der Waals surface area contributed by atoms with Gasteiger partial charge in [0, 0.05) is 28.7 Å². The third-order valence-electron chi connectivity index (χ3n) is 9.83. The Hall–Kier alpha value is -2.38. The van der Waals surface area contributed by atoms with Crippen molar-refractivity contribution >= 4 is 34.8 Å². The Morgan fingerprint density at radius 2 is 1.71 bits per heavy atom. The Balaban J connectivity index is 0.982. The fourth-order valence-corrected chi connectivity index (χ4v) is 7.96. The molecule has 1 amide bonds. The van der Waals surface area contributed by atoms with Gasteiger partial charge in [-0.05, 0) is 113 Å². The average molecular weight is 595 g/mol. The highest BCUT2D eigenvalue weighted by molar-refractivity contribution is 6.39. The van der Waals surface area contributed by atoms with Crippen LogP contribution in [0.2, 0.25) is 10.0 Å². The van der Waals surface area contributed by atoms with Gasteiger partial charge in [0.05, 0.1) is 22.8 Å². The van der Waals surface area contributed by atoms with E-state index in [4.69, 9.17) is 32.5 Å². The van der Waals surface area contributed by atoms with Crippen LogP contribution in [0.1, 0.15) is 73.7 Å². The lowest BCUT2D eigenvalue weighted by Gasteiger charge is -2.51. The van der Waals surface area contributed by atoms with Crippen molar-refractivity contribution in [1.82, 2.24) is 10.1 Å². The first-order valence-corrected chi connectivity index (χ1v) is 15.8. The predicted molar refractivity (Wildman–Crippen MR) is 161 cm³/mol. The fourth-order valence-electron chi connectivity index (χ4n) is 7.38. The molecule has 1 saturated heterocycles. The summed E-state index contributed by atoms with van der Waals surface area (Å²) >= 11 is 13.0. The molecule has 216 valence electrons. The topological polar surface area (TPSA) is 67.6 Å². The van der Waals surface area contributed by atoms with Crippen LogP contribution in [0.4, 0.5) is 5.69 Å². The van der Waals surface area contributed by atoms with Crippen molar-refractivity contribution in [1.29, 1.82) is 0 Å². The van der Waals surface area contributed by atoms with Gasteiger partial charge in [0.15, 0.2) is 0 Å². The van der Waals surface area contributed by atoms with Crippen molar-refractivity contribution in [3.05, 3.63) is 69.4 Å². The number of benzene rings is 2. The molecule has 5 fully saturated rings. The third-order valence-corrected chi connectivity index (χ3v) is 10.5. The zero-order chi connectivity index (χ0) is 28.1. The Morgan fingerprint density at radius 1 is 1.00 bits per heavy atom. The zero-order valence-corrected chi connectivity index (χ0v) is 25.0. The van der Waals surface area contributed by atoms with Gasteiger partial charge in [-0.15, -0.1) is 0 Å². The number of nitrogens with zero attached hydrogens (tertiary/aromatic N) is 2. The van der Waals surface area contributed by atoms with Gasteiger partial charge in [0.1, 0.15) is 11.5 Å². The number of likely N-dealkylation sites (tertiary alicyclic amines) is 1. The molecule has 8 heteroatoms. The minimum absolute atomic E-state index is 0.0666. The van der Waals surface area contributed by atoms with Gasteiger partial charge >= 0.3 is 0 Å². The van der Waals surface area contributed by atoms with Crippen molar-refractivity contribution in [3.8, 4) is 11.3 Å². The van der Waals surface area contributed by atoms with E-state index in [-0.39, 0.29) is 17.9 Å². The third kappa shape index (κ3) is 5.56. The van der Waals surface area contributed by atoms with Crippen molar-refractivity contribution in [2.45, 2.75) is 69.5 Å². The molecule has 4 aliphatic carbocycles. The van der Waals surface area contributed by atoms with Crippen LogP contribution in [-0.4, -0.2) is 42.2 Å². The van der Waals surface area contributed by atoms with Gasteiger partial charge < -0.3 is 19.5 Å².